The van der Waals surface area contributed by atoms with Gasteiger partial charge in [0.2, 0.25) is 0 Å². The van der Waals surface area contributed by atoms with Gasteiger partial charge in [0.25, 0.3) is 0 Å². The molecule has 4 nitrogen and oxygen atoms in total. The Morgan fingerprint density at radius 2 is 1.00 bits per heavy atom. The molecule has 1 aromatic carbocycles. The summed E-state index contributed by atoms with van der Waals surface area (Å²) in [7, 11) is 0. The van der Waals surface area contributed by atoms with Crippen LogP contribution < -0.4 is 0 Å². The summed E-state index contributed by atoms with van der Waals surface area (Å²) < 4.78 is 10.5. The molecule has 0 aromatic heterocycles. The zero-order valence-electron chi connectivity index (χ0n) is 12.3. The van der Waals surface area contributed by atoms with E-state index in [4.69, 9.17) is 9.47 Å². The van der Waals surface area contributed by atoms with Crippen molar-refractivity contribution in [3.05, 3.63) is 35.4 Å². The van der Waals surface area contributed by atoms with Crippen molar-refractivity contribution in [2.24, 2.45) is 0 Å². The van der Waals surface area contributed by atoms with Crippen molar-refractivity contribution in [2.45, 2.75) is 58.2 Å². The van der Waals surface area contributed by atoms with Gasteiger partial charge < -0.3 is 9.47 Å². The van der Waals surface area contributed by atoms with Gasteiger partial charge in [0.15, 0.2) is 0 Å². The molecule has 4 heteroatoms. The van der Waals surface area contributed by atoms with Crippen molar-refractivity contribution in [3.63, 3.8) is 0 Å². The molecule has 0 unspecified atom stereocenters. The van der Waals surface area contributed by atoms with E-state index >= 15 is 0 Å². The average Bonchev–Trinajstić information content (AvgIpc) is 2.50. The molecular weight excluding hydrogens is 268 g/mol. The summed E-state index contributed by atoms with van der Waals surface area (Å²) in [6.45, 7) is 0.609. The van der Waals surface area contributed by atoms with Crippen molar-refractivity contribution in [1.29, 1.82) is 0 Å². The number of benzene rings is 1. The smallest absolute Gasteiger partial charge is 0.306 e. The van der Waals surface area contributed by atoms with Gasteiger partial charge >= 0.3 is 11.9 Å². The Morgan fingerprint density at radius 1 is 0.619 bits per heavy atom. The van der Waals surface area contributed by atoms with Gasteiger partial charge in [-0.3, -0.25) is 9.59 Å². The first kappa shape index (κ1) is 15.5. The first-order chi connectivity index (χ1) is 10.2. The van der Waals surface area contributed by atoms with E-state index in [1.807, 2.05) is 24.3 Å². The molecule has 2 bridgehead atoms. The third kappa shape index (κ3) is 5.98. The second kappa shape index (κ2) is 8.45. The minimum Gasteiger partial charge on any atom is -0.461 e. The molecule has 0 spiro atoms. The molecule has 21 heavy (non-hydrogen) atoms. The molecule has 2 aliphatic heterocycles. The summed E-state index contributed by atoms with van der Waals surface area (Å²) >= 11 is 0. The van der Waals surface area contributed by atoms with Gasteiger partial charge in [-0.05, 0) is 24.0 Å². The lowest BCUT2D eigenvalue weighted by Crippen LogP contribution is -2.05. The number of esters is 2. The number of ether oxygens (including phenoxy) is 2. The summed E-state index contributed by atoms with van der Waals surface area (Å²) in [5, 5.41) is 0. The molecule has 0 radical (unpaired) electrons. The third-order valence-corrected chi connectivity index (χ3v) is 3.58. The van der Waals surface area contributed by atoms with E-state index in [0.29, 0.717) is 26.1 Å². The molecule has 0 aliphatic carbocycles. The Kier molecular flexibility index (Phi) is 6.25. The Balaban J connectivity index is 1.93. The van der Waals surface area contributed by atoms with E-state index in [2.05, 4.69) is 0 Å². The number of hydrogen-bond acceptors (Lipinski definition) is 4. The number of carbonyl (C=O) groups excluding carboxylic acids is 2. The average molecular weight is 290 g/mol. The van der Waals surface area contributed by atoms with Gasteiger partial charge in [-0.1, -0.05) is 43.5 Å². The maximum Gasteiger partial charge on any atom is 0.306 e. The molecule has 0 saturated heterocycles. The number of hydrogen-bond donors (Lipinski definition) is 0. The Morgan fingerprint density at radius 3 is 1.43 bits per heavy atom. The van der Waals surface area contributed by atoms with Crippen molar-refractivity contribution in [3.8, 4) is 0 Å². The maximum absolute atomic E-state index is 11.6. The Labute approximate surface area is 125 Å². The van der Waals surface area contributed by atoms with Crippen LogP contribution in [0, 0.1) is 0 Å². The topological polar surface area (TPSA) is 52.6 Å². The van der Waals surface area contributed by atoms with Gasteiger partial charge in [-0.15, -0.1) is 0 Å². The van der Waals surface area contributed by atoms with E-state index in [9.17, 15) is 9.59 Å². The lowest BCUT2D eigenvalue weighted by atomic mass is 10.1. The fraction of sp³-hybridized carbons (Fsp3) is 0.529. The van der Waals surface area contributed by atoms with Crippen LogP contribution in [0.1, 0.15) is 56.1 Å². The molecule has 2 aliphatic rings. The molecule has 1 aromatic rings. The highest BCUT2D eigenvalue weighted by Crippen LogP contribution is 2.12. The first-order valence-electron chi connectivity index (χ1n) is 7.63. The normalized spacial score (nSPS) is 18.7. The van der Waals surface area contributed by atoms with Crippen molar-refractivity contribution >= 4 is 11.9 Å². The van der Waals surface area contributed by atoms with Crippen LogP contribution in [-0.2, 0) is 32.3 Å². The molecule has 114 valence electrons. The van der Waals surface area contributed by atoms with Gasteiger partial charge in [0.1, 0.15) is 13.2 Å². The highest BCUT2D eigenvalue weighted by Gasteiger charge is 2.07. The van der Waals surface area contributed by atoms with Crippen LogP contribution in [0.5, 0.6) is 0 Å². The summed E-state index contributed by atoms with van der Waals surface area (Å²) in [5.41, 5.74) is 1.89. The van der Waals surface area contributed by atoms with E-state index in [-0.39, 0.29) is 11.9 Å². The number of rotatable bonds is 0. The zero-order chi connectivity index (χ0) is 14.9. The lowest BCUT2D eigenvalue weighted by molar-refractivity contribution is -0.146. The third-order valence-electron chi connectivity index (χ3n) is 3.58. The summed E-state index contributed by atoms with van der Waals surface area (Å²) in [4.78, 5) is 23.2. The Bertz CT molecular complexity index is 421. The Hall–Kier alpha value is -1.84. The maximum atomic E-state index is 11.6. The first-order valence-corrected chi connectivity index (χ1v) is 7.63. The SMILES string of the molecule is O=C1CCCCCCCC(=O)OCc2ccc(cc2)CO1. The molecule has 0 N–H and O–H groups in total. The number of carbonyl (C=O) groups is 2. The fourth-order valence-electron chi connectivity index (χ4n) is 2.27. The van der Waals surface area contributed by atoms with E-state index < -0.39 is 0 Å². The quantitative estimate of drug-likeness (QED) is 0.686. The molecule has 0 atom stereocenters. The second-order valence-electron chi connectivity index (χ2n) is 5.41. The minimum absolute atomic E-state index is 0.137. The predicted molar refractivity (Wildman–Crippen MR) is 78.4 cm³/mol. The van der Waals surface area contributed by atoms with Crippen LogP contribution in [0.4, 0.5) is 0 Å². The number of fused-ring (bicyclic) bond motifs is 14. The van der Waals surface area contributed by atoms with Crippen LogP contribution in [0.3, 0.4) is 0 Å². The lowest BCUT2D eigenvalue weighted by Gasteiger charge is -2.06. The van der Waals surface area contributed by atoms with Gasteiger partial charge in [0, 0.05) is 12.8 Å². The monoisotopic (exact) mass is 290 g/mol. The summed E-state index contributed by atoms with van der Waals surface area (Å²) in [5.74, 6) is -0.274. The predicted octanol–water partition coefficient (Wildman–Crippen LogP) is 3.52. The second-order valence-corrected chi connectivity index (χ2v) is 5.41. The molecule has 0 fully saturated rings. The molecule has 0 saturated carbocycles. The van der Waals surface area contributed by atoms with Crippen LogP contribution in [-0.4, -0.2) is 11.9 Å². The highest BCUT2D eigenvalue weighted by atomic mass is 16.5. The van der Waals surface area contributed by atoms with Crippen LogP contribution in [0.25, 0.3) is 0 Å². The minimum atomic E-state index is -0.137. The van der Waals surface area contributed by atoms with Gasteiger partial charge in [0.05, 0.1) is 0 Å². The standard InChI is InChI=1S/C17H22O4/c18-16-6-4-2-1-3-5-7-17(19)21-13-15-10-8-14(9-11-15)12-20-16/h8-11H,1-7,12-13H2. The molecule has 0 amide bonds. The van der Waals surface area contributed by atoms with Crippen LogP contribution in [0.2, 0.25) is 0 Å². The van der Waals surface area contributed by atoms with Gasteiger partial charge in [-0.25, -0.2) is 0 Å². The van der Waals surface area contributed by atoms with Crippen molar-refractivity contribution in [1.82, 2.24) is 0 Å². The van der Waals surface area contributed by atoms with Crippen LogP contribution in [0.15, 0.2) is 24.3 Å². The molecular formula is C17H22O4. The van der Waals surface area contributed by atoms with E-state index in [0.717, 1.165) is 43.2 Å². The van der Waals surface area contributed by atoms with Gasteiger partial charge in [-0.2, -0.15) is 0 Å². The largest absolute Gasteiger partial charge is 0.461 e. The zero-order valence-corrected chi connectivity index (χ0v) is 12.3. The summed E-state index contributed by atoms with van der Waals surface area (Å²) in [6, 6.07) is 7.59. The molecule has 3 rings (SSSR count). The van der Waals surface area contributed by atoms with E-state index in [1.165, 1.54) is 0 Å². The van der Waals surface area contributed by atoms with Crippen LogP contribution >= 0.6 is 0 Å². The molecule has 2 heterocycles. The van der Waals surface area contributed by atoms with Crippen molar-refractivity contribution < 1.29 is 19.1 Å². The fourth-order valence-corrected chi connectivity index (χ4v) is 2.27. The van der Waals surface area contributed by atoms with Crippen molar-refractivity contribution in [2.75, 3.05) is 0 Å². The summed E-state index contributed by atoms with van der Waals surface area (Å²) in [6.07, 6.45) is 5.68. The highest BCUT2D eigenvalue weighted by molar-refractivity contribution is 5.69. The van der Waals surface area contributed by atoms with E-state index in [1.54, 1.807) is 0 Å².